The van der Waals surface area contributed by atoms with Crippen molar-refractivity contribution in [3.05, 3.63) is 95.8 Å². The summed E-state index contributed by atoms with van der Waals surface area (Å²) in [4.78, 5) is 19.7. The first-order valence-corrected chi connectivity index (χ1v) is 10.0. The quantitative estimate of drug-likeness (QED) is 0.504. The van der Waals surface area contributed by atoms with Crippen molar-refractivity contribution in [2.45, 2.75) is 25.8 Å². The van der Waals surface area contributed by atoms with Gasteiger partial charge in [0.15, 0.2) is 0 Å². The number of anilines is 1. The van der Waals surface area contributed by atoms with Crippen LogP contribution in [0.3, 0.4) is 0 Å². The molecule has 0 aliphatic carbocycles. The fourth-order valence-electron chi connectivity index (χ4n) is 4.19. The molecule has 5 rings (SSSR count). The Morgan fingerprint density at radius 2 is 1.66 bits per heavy atom. The molecule has 4 heteroatoms. The number of rotatable bonds is 4. The van der Waals surface area contributed by atoms with Gasteiger partial charge in [-0.05, 0) is 36.8 Å². The molecule has 1 aromatic heterocycles. The summed E-state index contributed by atoms with van der Waals surface area (Å²) in [5.41, 5.74) is 5.50. The van der Waals surface area contributed by atoms with Gasteiger partial charge in [0.2, 0.25) is 5.91 Å². The largest absolute Gasteiger partial charge is 0.323 e. The van der Waals surface area contributed by atoms with Gasteiger partial charge in [0.25, 0.3) is 0 Å². The van der Waals surface area contributed by atoms with Gasteiger partial charge in [-0.2, -0.15) is 0 Å². The first kappa shape index (κ1) is 17.7. The third-order valence-corrected chi connectivity index (χ3v) is 5.70. The average molecular weight is 381 g/mol. The van der Waals surface area contributed by atoms with Crippen LogP contribution in [-0.4, -0.2) is 22.0 Å². The second kappa shape index (κ2) is 7.21. The summed E-state index contributed by atoms with van der Waals surface area (Å²) >= 11 is 0. The number of carbonyl (C=O) groups is 1. The Balaban J connectivity index is 1.52. The molecule has 1 aliphatic heterocycles. The summed E-state index contributed by atoms with van der Waals surface area (Å²) in [6, 6.07) is 26.8. The highest BCUT2D eigenvalue weighted by atomic mass is 16.2. The van der Waals surface area contributed by atoms with Crippen LogP contribution in [0.1, 0.15) is 29.3 Å². The molecular weight excluding hydrogens is 358 g/mol. The molecule has 0 saturated carbocycles. The number of aryl methyl sites for hydroxylation is 1. The topological polar surface area (TPSA) is 38.1 Å². The van der Waals surface area contributed by atoms with Crippen molar-refractivity contribution in [2.75, 3.05) is 11.4 Å². The number of aromatic nitrogens is 2. The lowest BCUT2D eigenvalue weighted by atomic mass is 10.1. The first-order chi connectivity index (χ1) is 14.2. The Bertz CT molecular complexity index is 1160. The van der Waals surface area contributed by atoms with E-state index in [1.54, 1.807) is 0 Å². The van der Waals surface area contributed by atoms with Gasteiger partial charge in [-0.25, -0.2) is 4.98 Å². The first-order valence-electron chi connectivity index (χ1n) is 10.0. The van der Waals surface area contributed by atoms with Crippen LogP contribution in [0, 0.1) is 6.92 Å². The minimum Gasteiger partial charge on any atom is -0.323 e. The maximum absolute atomic E-state index is 12.8. The van der Waals surface area contributed by atoms with E-state index in [1.807, 2.05) is 35.2 Å². The lowest BCUT2D eigenvalue weighted by Crippen LogP contribution is -2.24. The fraction of sp³-hybridized carbons (Fsp3) is 0.200. The van der Waals surface area contributed by atoms with Crippen molar-refractivity contribution in [2.24, 2.45) is 0 Å². The molecule has 0 spiro atoms. The molecule has 4 aromatic rings. The zero-order chi connectivity index (χ0) is 19.8. The zero-order valence-corrected chi connectivity index (χ0v) is 16.5. The predicted octanol–water partition coefficient (Wildman–Crippen LogP) is 4.91. The molecule has 4 nitrogen and oxygen atoms in total. The average Bonchev–Trinajstić information content (AvgIpc) is 3.30. The molecule has 1 amide bonds. The third-order valence-electron chi connectivity index (χ3n) is 5.70. The number of para-hydroxylation sites is 2. The van der Waals surface area contributed by atoms with Crippen LogP contribution in [0.2, 0.25) is 0 Å². The molecule has 144 valence electrons. The Morgan fingerprint density at radius 3 is 2.45 bits per heavy atom. The lowest BCUT2D eigenvalue weighted by molar-refractivity contribution is -0.117. The van der Waals surface area contributed by atoms with Gasteiger partial charge in [0.05, 0.1) is 11.0 Å². The van der Waals surface area contributed by atoms with Gasteiger partial charge in [-0.1, -0.05) is 60.2 Å². The number of hydrogen-bond donors (Lipinski definition) is 0. The SMILES string of the molecule is Cc1ccc(N2C[C@H](c3nc4ccccc4n3Cc3ccccc3)CC2=O)cc1. The monoisotopic (exact) mass is 381 g/mol. The molecule has 1 fully saturated rings. The Kier molecular flexibility index (Phi) is 4.39. The molecule has 0 N–H and O–H groups in total. The summed E-state index contributed by atoms with van der Waals surface area (Å²) < 4.78 is 2.28. The number of carbonyl (C=O) groups excluding carboxylic acids is 1. The van der Waals surface area contributed by atoms with E-state index in [0.29, 0.717) is 13.0 Å². The molecule has 2 heterocycles. The van der Waals surface area contributed by atoms with Crippen LogP contribution in [0.5, 0.6) is 0 Å². The van der Waals surface area contributed by atoms with E-state index in [1.165, 1.54) is 11.1 Å². The molecule has 3 aromatic carbocycles. The second-order valence-corrected chi connectivity index (χ2v) is 7.77. The lowest BCUT2D eigenvalue weighted by Gasteiger charge is -2.18. The van der Waals surface area contributed by atoms with E-state index in [2.05, 4.69) is 60.0 Å². The van der Waals surface area contributed by atoms with E-state index >= 15 is 0 Å². The maximum atomic E-state index is 12.8. The number of hydrogen-bond acceptors (Lipinski definition) is 2. The van der Waals surface area contributed by atoms with Crippen LogP contribution in [0.25, 0.3) is 11.0 Å². The molecule has 29 heavy (non-hydrogen) atoms. The maximum Gasteiger partial charge on any atom is 0.227 e. The van der Waals surface area contributed by atoms with Gasteiger partial charge < -0.3 is 9.47 Å². The minimum atomic E-state index is 0.0833. The van der Waals surface area contributed by atoms with Gasteiger partial charge in [0.1, 0.15) is 5.82 Å². The van der Waals surface area contributed by atoms with E-state index in [4.69, 9.17) is 4.98 Å². The summed E-state index contributed by atoms with van der Waals surface area (Å²) in [6.07, 6.45) is 0.492. The predicted molar refractivity (Wildman–Crippen MR) is 116 cm³/mol. The van der Waals surface area contributed by atoms with Crippen LogP contribution < -0.4 is 4.90 Å². The van der Waals surface area contributed by atoms with Crippen molar-refractivity contribution >= 4 is 22.6 Å². The summed E-state index contributed by atoms with van der Waals surface area (Å²) in [5.74, 6) is 1.25. The van der Waals surface area contributed by atoms with Gasteiger partial charge >= 0.3 is 0 Å². The standard InChI is InChI=1S/C25H23N3O/c1-18-11-13-21(14-12-18)27-17-20(15-24(27)29)25-26-22-9-5-6-10-23(22)28(25)16-19-7-3-2-4-8-19/h2-14,20H,15-17H2,1H3/t20-/m1/s1. The normalized spacial score (nSPS) is 16.7. The highest BCUT2D eigenvalue weighted by Crippen LogP contribution is 2.33. The van der Waals surface area contributed by atoms with Gasteiger partial charge in [-0.15, -0.1) is 0 Å². The highest BCUT2D eigenvalue weighted by Gasteiger charge is 2.34. The summed E-state index contributed by atoms with van der Waals surface area (Å²) in [7, 11) is 0. The van der Waals surface area contributed by atoms with Crippen LogP contribution in [0.15, 0.2) is 78.9 Å². The van der Waals surface area contributed by atoms with Crippen LogP contribution in [-0.2, 0) is 11.3 Å². The van der Waals surface area contributed by atoms with E-state index in [-0.39, 0.29) is 11.8 Å². The molecule has 0 unspecified atom stereocenters. The summed E-state index contributed by atoms with van der Waals surface area (Å²) in [5, 5.41) is 0. The van der Waals surface area contributed by atoms with Crippen molar-refractivity contribution in [1.82, 2.24) is 9.55 Å². The van der Waals surface area contributed by atoms with Crippen molar-refractivity contribution in [1.29, 1.82) is 0 Å². The molecule has 0 radical (unpaired) electrons. The molecule has 0 bridgehead atoms. The van der Waals surface area contributed by atoms with Crippen molar-refractivity contribution in [3.8, 4) is 0 Å². The number of amides is 1. The number of benzene rings is 3. The highest BCUT2D eigenvalue weighted by molar-refractivity contribution is 5.96. The van der Waals surface area contributed by atoms with Gasteiger partial charge in [0, 0.05) is 31.1 Å². The number of imidazole rings is 1. The van der Waals surface area contributed by atoms with E-state index in [0.717, 1.165) is 29.1 Å². The number of fused-ring (bicyclic) bond motifs is 1. The molecular formula is C25H23N3O. The van der Waals surface area contributed by atoms with Crippen LogP contribution in [0.4, 0.5) is 5.69 Å². The molecule has 1 aliphatic rings. The Morgan fingerprint density at radius 1 is 0.931 bits per heavy atom. The van der Waals surface area contributed by atoms with E-state index < -0.39 is 0 Å². The van der Waals surface area contributed by atoms with Crippen molar-refractivity contribution in [3.63, 3.8) is 0 Å². The molecule has 1 atom stereocenters. The summed E-state index contributed by atoms with van der Waals surface area (Å²) in [6.45, 7) is 3.48. The van der Waals surface area contributed by atoms with Crippen molar-refractivity contribution < 1.29 is 4.79 Å². The number of nitrogens with zero attached hydrogens (tertiary/aromatic N) is 3. The smallest absolute Gasteiger partial charge is 0.227 e. The van der Waals surface area contributed by atoms with E-state index in [9.17, 15) is 4.79 Å². The second-order valence-electron chi connectivity index (χ2n) is 7.77. The van der Waals surface area contributed by atoms with Gasteiger partial charge in [-0.3, -0.25) is 4.79 Å². The minimum absolute atomic E-state index is 0.0833. The Labute approximate surface area is 170 Å². The molecule has 1 saturated heterocycles. The van der Waals surface area contributed by atoms with Crippen LogP contribution >= 0.6 is 0 Å². The zero-order valence-electron chi connectivity index (χ0n) is 16.5. The fourth-order valence-corrected chi connectivity index (χ4v) is 4.19. The third kappa shape index (κ3) is 3.31. The Hall–Kier alpha value is -3.40.